The lowest BCUT2D eigenvalue weighted by molar-refractivity contribution is -0.384. The van der Waals surface area contributed by atoms with E-state index in [2.05, 4.69) is 10.6 Å². The third kappa shape index (κ3) is 6.07. The number of rotatable bonds is 6. The molecule has 0 aliphatic carbocycles. The summed E-state index contributed by atoms with van der Waals surface area (Å²) in [6.45, 7) is 0. The maximum Gasteiger partial charge on any atom is 0.271 e. The first-order chi connectivity index (χ1) is 15.2. The van der Waals surface area contributed by atoms with Crippen LogP contribution < -0.4 is 15.4 Å². The highest BCUT2D eigenvalue weighted by atomic mass is 35.5. The van der Waals surface area contributed by atoms with Gasteiger partial charge in [-0.2, -0.15) is 0 Å². The number of benzene rings is 2. The van der Waals surface area contributed by atoms with Gasteiger partial charge < -0.3 is 14.5 Å². The monoisotopic (exact) mass is 491 g/mol. The van der Waals surface area contributed by atoms with E-state index in [0.717, 1.165) is 0 Å². The molecule has 0 spiro atoms. The molecule has 3 aromatic rings. The van der Waals surface area contributed by atoms with E-state index in [-0.39, 0.29) is 16.5 Å². The normalized spacial score (nSPS) is 10.7. The highest BCUT2D eigenvalue weighted by molar-refractivity contribution is 7.80. The van der Waals surface area contributed by atoms with Gasteiger partial charge in [0.15, 0.2) is 5.11 Å². The molecule has 0 radical (unpaired) electrons. The molecule has 2 aromatic carbocycles. The fourth-order valence-corrected chi connectivity index (χ4v) is 3.40. The highest BCUT2D eigenvalue weighted by Crippen LogP contribution is 2.30. The van der Waals surface area contributed by atoms with Gasteiger partial charge in [-0.05, 0) is 54.7 Å². The van der Waals surface area contributed by atoms with E-state index in [1.165, 1.54) is 37.5 Å². The molecule has 1 aromatic heterocycles. The van der Waals surface area contributed by atoms with Crippen LogP contribution in [-0.2, 0) is 4.79 Å². The van der Waals surface area contributed by atoms with Crippen LogP contribution in [0.5, 0.6) is 5.75 Å². The van der Waals surface area contributed by atoms with Crippen molar-refractivity contribution < 1.29 is 18.9 Å². The van der Waals surface area contributed by atoms with Gasteiger partial charge in [-0.25, -0.2) is 0 Å². The first-order valence-electron chi connectivity index (χ1n) is 8.94. The molecule has 0 atom stereocenters. The number of amides is 1. The van der Waals surface area contributed by atoms with Crippen molar-refractivity contribution in [2.75, 3.05) is 12.4 Å². The maximum atomic E-state index is 12.2. The van der Waals surface area contributed by atoms with E-state index >= 15 is 0 Å². The topological polar surface area (TPSA) is 107 Å². The Bertz CT molecular complexity index is 1210. The van der Waals surface area contributed by atoms with Crippen LogP contribution in [0.25, 0.3) is 17.4 Å². The predicted molar refractivity (Wildman–Crippen MR) is 127 cm³/mol. The fourth-order valence-electron chi connectivity index (χ4n) is 2.67. The lowest BCUT2D eigenvalue weighted by atomic mass is 10.2. The van der Waals surface area contributed by atoms with E-state index in [0.29, 0.717) is 32.9 Å². The van der Waals surface area contributed by atoms with Crippen LogP contribution in [0.2, 0.25) is 10.0 Å². The van der Waals surface area contributed by atoms with Crippen molar-refractivity contribution in [1.82, 2.24) is 5.32 Å². The number of carbonyl (C=O) groups excluding carboxylic acids is 1. The molecule has 2 N–H and O–H groups in total. The smallest absolute Gasteiger partial charge is 0.271 e. The summed E-state index contributed by atoms with van der Waals surface area (Å²) in [7, 11) is 1.41. The number of hydrogen-bond acceptors (Lipinski definition) is 6. The van der Waals surface area contributed by atoms with Gasteiger partial charge in [-0.1, -0.05) is 23.2 Å². The van der Waals surface area contributed by atoms with Gasteiger partial charge in [0, 0.05) is 33.8 Å². The number of nitro benzene ring substituents is 1. The Balaban J connectivity index is 1.64. The average Bonchev–Trinajstić information content (AvgIpc) is 3.20. The molecule has 0 aliphatic rings. The second-order valence-corrected chi connectivity index (χ2v) is 7.56. The number of furan rings is 1. The van der Waals surface area contributed by atoms with Crippen molar-refractivity contribution in [2.24, 2.45) is 0 Å². The summed E-state index contributed by atoms with van der Waals surface area (Å²) in [6.07, 6.45) is 2.69. The lowest BCUT2D eigenvalue weighted by Gasteiger charge is -2.11. The summed E-state index contributed by atoms with van der Waals surface area (Å²) < 4.78 is 10.8. The molecule has 32 heavy (non-hydrogen) atoms. The molecule has 0 aliphatic heterocycles. The van der Waals surface area contributed by atoms with E-state index in [1.807, 2.05) is 0 Å². The number of thiocarbonyl (C=S) groups is 1. The van der Waals surface area contributed by atoms with Crippen LogP contribution in [-0.4, -0.2) is 23.1 Å². The predicted octanol–water partition coefficient (Wildman–Crippen LogP) is 5.70. The molecular weight excluding hydrogens is 477 g/mol. The van der Waals surface area contributed by atoms with Crippen molar-refractivity contribution in [1.29, 1.82) is 0 Å². The lowest BCUT2D eigenvalue weighted by Crippen LogP contribution is -2.32. The Hall–Kier alpha value is -3.40. The van der Waals surface area contributed by atoms with Gasteiger partial charge >= 0.3 is 0 Å². The summed E-state index contributed by atoms with van der Waals surface area (Å²) in [5.41, 5.74) is 0.784. The molecule has 0 saturated heterocycles. The minimum atomic E-state index is -0.552. The molecule has 8 nitrogen and oxygen atoms in total. The van der Waals surface area contributed by atoms with Crippen LogP contribution in [0.1, 0.15) is 5.76 Å². The first kappa shape index (κ1) is 23.3. The molecule has 11 heteroatoms. The van der Waals surface area contributed by atoms with Gasteiger partial charge in [-0.15, -0.1) is 0 Å². The average molecular weight is 492 g/mol. The number of non-ortho nitro benzene ring substituents is 1. The van der Waals surface area contributed by atoms with Gasteiger partial charge in [0.2, 0.25) is 5.91 Å². The van der Waals surface area contributed by atoms with Crippen molar-refractivity contribution in [3.05, 3.63) is 80.5 Å². The number of ether oxygens (including phenoxy) is 1. The molecular formula is C21H15Cl2N3O5S. The maximum absolute atomic E-state index is 12.2. The third-order valence-corrected chi connectivity index (χ3v) is 4.69. The van der Waals surface area contributed by atoms with Gasteiger partial charge in [-0.3, -0.25) is 20.2 Å². The number of anilines is 1. The minimum Gasteiger partial charge on any atom is -0.495 e. The number of carbonyl (C=O) groups is 1. The third-order valence-electron chi connectivity index (χ3n) is 4.05. The van der Waals surface area contributed by atoms with E-state index in [1.54, 1.807) is 30.3 Å². The standard InChI is InChI=1S/C21H15Cl2N3O5S/c1-30-19-5-2-15(26(28)29)11-17(19)24-21(32)25-20(27)7-4-16-3-6-18(31-16)12-8-13(22)10-14(23)9-12/h2-11H,1H3,(H2,24,25,27,32)/b7-4+. The summed E-state index contributed by atoms with van der Waals surface area (Å²) in [4.78, 5) is 22.6. The van der Waals surface area contributed by atoms with Crippen molar-refractivity contribution in [3.8, 4) is 17.1 Å². The number of nitrogens with zero attached hydrogens (tertiary/aromatic N) is 1. The summed E-state index contributed by atoms with van der Waals surface area (Å²) in [5.74, 6) is 0.748. The van der Waals surface area contributed by atoms with Crippen molar-refractivity contribution in [3.63, 3.8) is 0 Å². The SMILES string of the molecule is COc1ccc([N+](=O)[O-])cc1NC(=S)NC(=O)/C=C/c1ccc(-c2cc(Cl)cc(Cl)c2)o1. The van der Waals surface area contributed by atoms with Crippen molar-refractivity contribution in [2.45, 2.75) is 0 Å². The molecule has 164 valence electrons. The zero-order valence-electron chi connectivity index (χ0n) is 16.4. The zero-order valence-corrected chi connectivity index (χ0v) is 18.8. The quantitative estimate of drug-likeness (QED) is 0.197. The molecule has 0 bridgehead atoms. The Kier molecular flexibility index (Phi) is 7.47. The number of nitro groups is 1. The molecule has 0 unspecified atom stereocenters. The summed E-state index contributed by atoms with van der Waals surface area (Å²) >= 11 is 17.1. The number of hydrogen-bond donors (Lipinski definition) is 2. The largest absolute Gasteiger partial charge is 0.495 e. The van der Waals surface area contributed by atoms with Crippen LogP contribution in [0, 0.1) is 10.1 Å². The van der Waals surface area contributed by atoms with E-state index in [4.69, 9.17) is 44.6 Å². The molecule has 0 fully saturated rings. The minimum absolute atomic E-state index is 0.0628. The van der Waals surface area contributed by atoms with Crippen LogP contribution in [0.3, 0.4) is 0 Å². The fraction of sp³-hybridized carbons (Fsp3) is 0.0476. The molecule has 1 amide bonds. The summed E-state index contributed by atoms with van der Waals surface area (Å²) in [6, 6.07) is 12.4. The van der Waals surface area contributed by atoms with Crippen LogP contribution in [0.4, 0.5) is 11.4 Å². The van der Waals surface area contributed by atoms with Crippen LogP contribution in [0.15, 0.2) is 59.0 Å². The van der Waals surface area contributed by atoms with Gasteiger partial charge in [0.1, 0.15) is 17.3 Å². The van der Waals surface area contributed by atoms with Crippen LogP contribution >= 0.6 is 35.4 Å². The van der Waals surface area contributed by atoms with E-state index in [9.17, 15) is 14.9 Å². The van der Waals surface area contributed by atoms with Crippen molar-refractivity contribution >= 4 is 63.9 Å². The second kappa shape index (κ2) is 10.3. The summed E-state index contributed by atoms with van der Waals surface area (Å²) in [5, 5.41) is 17.0. The Morgan fingerprint density at radius 2 is 1.88 bits per heavy atom. The zero-order chi connectivity index (χ0) is 23.3. The number of nitrogens with one attached hydrogen (secondary N) is 2. The Morgan fingerprint density at radius 1 is 1.16 bits per heavy atom. The highest BCUT2D eigenvalue weighted by Gasteiger charge is 2.13. The van der Waals surface area contributed by atoms with Gasteiger partial charge in [0.05, 0.1) is 17.7 Å². The second-order valence-electron chi connectivity index (χ2n) is 6.28. The molecule has 3 rings (SSSR count). The number of methoxy groups -OCH3 is 1. The molecule has 0 saturated carbocycles. The van der Waals surface area contributed by atoms with Gasteiger partial charge in [0.25, 0.3) is 5.69 Å². The molecule has 1 heterocycles. The first-order valence-corrected chi connectivity index (χ1v) is 10.1. The van der Waals surface area contributed by atoms with E-state index < -0.39 is 10.8 Å². The number of halogens is 2. The Morgan fingerprint density at radius 3 is 2.53 bits per heavy atom. The Labute approximate surface area is 197 Å².